The molecule has 0 fully saturated rings. The summed E-state index contributed by atoms with van der Waals surface area (Å²) in [6, 6.07) is 17.5. The van der Waals surface area contributed by atoms with Crippen molar-refractivity contribution in [3.05, 3.63) is 83.2 Å². The average molecular weight is 411 g/mol. The number of carbonyl (C=O) groups excluding carboxylic acids is 1. The van der Waals surface area contributed by atoms with Gasteiger partial charge in [0.25, 0.3) is 5.91 Å². The molecule has 0 aliphatic heterocycles. The fourth-order valence-corrected chi connectivity index (χ4v) is 2.75. The molecule has 1 unspecified atom stereocenters. The number of nitriles is 1. The zero-order valence-corrected chi connectivity index (χ0v) is 16.2. The minimum atomic E-state index is -3.44. The van der Waals surface area contributed by atoms with Crippen molar-refractivity contribution >= 4 is 26.8 Å². The molecule has 0 saturated heterocycles. The van der Waals surface area contributed by atoms with E-state index in [0.717, 1.165) is 11.8 Å². The lowest BCUT2D eigenvalue weighted by Gasteiger charge is -2.16. The van der Waals surface area contributed by atoms with Crippen molar-refractivity contribution in [2.45, 2.75) is 12.2 Å². The van der Waals surface area contributed by atoms with Crippen molar-refractivity contribution < 1.29 is 13.6 Å². The monoisotopic (exact) mass is 411 g/mol. The van der Waals surface area contributed by atoms with Gasteiger partial charge in [0.1, 0.15) is 5.69 Å². The number of benzene rings is 2. The summed E-state index contributed by atoms with van der Waals surface area (Å²) in [6.07, 6.45) is 1.05. The molecule has 0 saturated carbocycles. The van der Waals surface area contributed by atoms with E-state index in [9.17, 15) is 13.6 Å². The fraction of sp³-hybridized carbons (Fsp3) is 0.100. The van der Waals surface area contributed by atoms with Gasteiger partial charge in [0.05, 0.1) is 17.2 Å². The van der Waals surface area contributed by atoms with E-state index < -0.39 is 17.3 Å². The van der Waals surface area contributed by atoms with E-state index in [4.69, 9.17) is 5.26 Å². The Labute approximate surface area is 168 Å². The van der Waals surface area contributed by atoms with E-state index in [1.54, 1.807) is 18.2 Å². The molecule has 0 bridgehead atoms. The van der Waals surface area contributed by atoms with Crippen molar-refractivity contribution in [3.8, 4) is 6.07 Å². The summed E-state index contributed by atoms with van der Waals surface area (Å²) in [5.41, 5.74) is -2.80. The van der Waals surface area contributed by atoms with Crippen molar-refractivity contribution in [1.29, 1.82) is 5.26 Å². The van der Waals surface area contributed by atoms with Crippen LogP contribution in [0.25, 0.3) is 0 Å². The lowest BCUT2D eigenvalue weighted by Crippen LogP contribution is -2.27. The van der Waals surface area contributed by atoms with Gasteiger partial charge in [-0.1, -0.05) is 45.6 Å². The Morgan fingerprint density at radius 3 is 2.62 bits per heavy atom. The topological polar surface area (TPSA) is 90.7 Å². The minimum Gasteiger partial charge on any atom is -0.348 e. The van der Waals surface area contributed by atoms with E-state index in [-0.39, 0.29) is 18.1 Å². The second-order valence-electron chi connectivity index (χ2n) is 6.06. The normalized spacial score (nSPS) is 10.8. The van der Waals surface area contributed by atoms with Crippen LogP contribution in [0.5, 0.6) is 0 Å². The third kappa shape index (κ3) is 5.31. The Morgan fingerprint density at radius 1 is 1.17 bits per heavy atom. The van der Waals surface area contributed by atoms with Crippen LogP contribution in [0.15, 0.2) is 60.8 Å². The zero-order valence-electron chi connectivity index (χ0n) is 15.1. The molecule has 2 aromatic carbocycles. The molecule has 29 heavy (non-hydrogen) atoms. The van der Waals surface area contributed by atoms with Crippen LogP contribution < -0.4 is 10.6 Å². The predicted octanol–water partition coefficient (Wildman–Crippen LogP) is 3.95. The Morgan fingerprint density at radius 2 is 1.93 bits per heavy atom. The van der Waals surface area contributed by atoms with Crippen molar-refractivity contribution in [3.63, 3.8) is 0 Å². The number of hydrogen-bond donors (Lipinski definition) is 2. The van der Waals surface area contributed by atoms with Gasteiger partial charge in [0.2, 0.25) is 5.95 Å². The van der Waals surface area contributed by atoms with Gasteiger partial charge in [0, 0.05) is 18.4 Å². The summed E-state index contributed by atoms with van der Waals surface area (Å²) in [5.74, 6) is -0.819. The van der Waals surface area contributed by atoms with Crippen molar-refractivity contribution in [2.75, 3.05) is 5.32 Å². The lowest BCUT2D eigenvalue weighted by molar-refractivity contribution is 0.0871. The smallest absolute Gasteiger partial charge is 0.301 e. The number of aromatic nitrogens is 2. The molecule has 1 atom stereocenters. The maximum Gasteiger partial charge on any atom is 0.301 e. The SMILES string of the molecule is N#Cc1cccc(Nc2ncc(C(=O)NCc3ccccc3)c(C(F)(F)P)n2)c1. The highest BCUT2D eigenvalue weighted by atomic mass is 31.0. The first-order chi connectivity index (χ1) is 13.9. The summed E-state index contributed by atoms with van der Waals surface area (Å²) >= 11 is 0. The van der Waals surface area contributed by atoms with Crippen molar-refractivity contribution in [2.24, 2.45) is 0 Å². The Balaban J connectivity index is 1.84. The highest BCUT2D eigenvalue weighted by molar-refractivity contribution is 7.17. The molecule has 1 amide bonds. The molecule has 9 heteroatoms. The van der Waals surface area contributed by atoms with Crippen LogP contribution in [-0.2, 0) is 12.2 Å². The molecular weight excluding hydrogens is 395 g/mol. The van der Waals surface area contributed by atoms with Gasteiger partial charge in [0.15, 0.2) is 0 Å². The number of halogens is 2. The average Bonchev–Trinajstić information content (AvgIpc) is 2.72. The summed E-state index contributed by atoms with van der Waals surface area (Å²) in [5, 5.41) is 14.3. The summed E-state index contributed by atoms with van der Waals surface area (Å²) < 4.78 is 28.2. The van der Waals surface area contributed by atoms with Gasteiger partial charge >= 0.3 is 5.66 Å². The minimum absolute atomic E-state index is 0.114. The summed E-state index contributed by atoms with van der Waals surface area (Å²) in [7, 11) is 1.38. The largest absolute Gasteiger partial charge is 0.348 e. The molecule has 0 aliphatic carbocycles. The molecular formula is C20H16F2N5OP. The molecule has 2 N–H and O–H groups in total. The quantitative estimate of drug-likeness (QED) is 0.600. The zero-order chi connectivity index (χ0) is 20.9. The van der Waals surface area contributed by atoms with E-state index in [0.29, 0.717) is 11.3 Å². The van der Waals surface area contributed by atoms with E-state index in [2.05, 4.69) is 20.6 Å². The van der Waals surface area contributed by atoms with Crippen LogP contribution in [0.1, 0.15) is 27.2 Å². The molecule has 3 aromatic rings. The predicted molar refractivity (Wildman–Crippen MR) is 108 cm³/mol. The Kier molecular flexibility index (Phi) is 6.10. The Hall–Kier alpha value is -3.43. The van der Waals surface area contributed by atoms with Gasteiger partial charge in [-0.3, -0.25) is 4.79 Å². The van der Waals surface area contributed by atoms with Crippen LogP contribution in [0.2, 0.25) is 0 Å². The van der Waals surface area contributed by atoms with Crippen molar-refractivity contribution in [1.82, 2.24) is 15.3 Å². The van der Waals surface area contributed by atoms with Crippen LogP contribution >= 0.6 is 9.24 Å². The molecule has 1 aromatic heterocycles. The third-order valence-corrected chi connectivity index (χ3v) is 4.17. The first-order valence-electron chi connectivity index (χ1n) is 8.50. The standard InChI is InChI=1S/C20H16F2N5OP/c21-20(22,29)17-16(18(28)24-11-13-5-2-1-3-6-13)12-25-19(27-17)26-15-8-4-7-14(9-15)10-23/h1-9,12H,11,29H2,(H,24,28)(H,25,26,27). The second-order valence-corrected chi connectivity index (χ2v) is 6.79. The maximum absolute atomic E-state index is 14.1. The Bertz CT molecular complexity index is 1060. The second kappa shape index (κ2) is 8.72. The molecule has 1 heterocycles. The summed E-state index contributed by atoms with van der Waals surface area (Å²) in [6.45, 7) is 0.183. The first kappa shape index (κ1) is 20.3. The van der Waals surface area contributed by atoms with Crippen LogP contribution in [-0.4, -0.2) is 15.9 Å². The highest BCUT2D eigenvalue weighted by Gasteiger charge is 2.33. The number of hydrogen-bond acceptors (Lipinski definition) is 5. The van der Waals surface area contributed by atoms with Crippen LogP contribution in [0, 0.1) is 11.3 Å². The first-order valence-corrected chi connectivity index (χ1v) is 9.08. The molecule has 6 nitrogen and oxygen atoms in total. The number of anilines is 2. The molecule has 0 aliphatic rings. The van der Waals surface area contributed by atoms with Crippen LogP contribution in [0.3, 0.4) is 0 Å². The number of rotatable bonds is 6. The summed E-state index contributed by atoms with van der Waals surface area (Å²) in [4.78, 5) is 20.3. The number of nitrogens with zero attached hydrogens (tertiary/aromatic N) is 3. The fourth-order valence-electron chi connectivity index (χ4n) is 2.53. The van der Waals surface area contributed by atoms with E-state index in [1.165, 1.54) is 15.3 Å². The lowest BCUT2D eigenvalue weighted by atomic mass is 10.2. The van der Waals surface area contributed by atoms with E-state index in [1.807, 2.05) is 36.4 Å². The van der Waals surface area contributed by atoms with Gasteiger partial charge in [-0.05, 0) is 23.8 Å². The van der Waals surface area contributed by atoms with Gasteiger partial charge in [-0.25, -0.2) is 9.97 Å². The number of nitrogens with one attached hydrogen (secondary N) is 2. The van der Waals surface area contributed by atoms with E-state index >= 15 is 0 Å². The van der Waals surface area contributed by atoms with Gasteiger partial charge < -0.3 is 10.6 Å². The third-order valence-electron chi connectivity index (χ3n) is 3.89. The maximum atomic E-state index is 14.1. The number of amides is 1. The molecule has 3 rings (SSSR count). The molecule has 0 radical (unpaired) electrons. The molecule has 146 valence electrons. The molecule has 0 spiro atoms. The van der Waals surface area contributed by atoms with Gasteiger partial charge in [-0.2, -0.15) is 14.0 Å². The highest BCUT2D eigenvalue weighted by Crippen LogP contribution is 2.36. The van der Waals surface area contributed by atoms with Gasteiger partial charge in [-0.15, -0.1) is 0 Å². The van der Waals surface area contributed by atoms with Crippen LogP contribution in [0.4, 0.5) is 20.4 Å². The number of alkyl halides is 2. The number of carbonyl (C=O) groups is 1.